The highest BCUT2D eigenvalue weighted by molar-refractivity contribution is 5.18. The lowest BCUT2D eigenvalue weighted by atomic mass is 9.84. The number of allylic oxidation sites excluding steroid dienone is 1. The molecular formula is C11H19NO2. The minimum Gasteiger partial charge on any atom is -0.390 e. The van der Waals surface area contributed by atoms with Gasteiger partial charge in [-0.1, -0.05) is 19.1 Å². The van der Waals surface area contributed by atoms with Crippen LogP contribution in [-0.4, -0.2) is 34.5 Å². The molecule has 2 aliphatic rings. The van der Waals surface area contributed by atoms with Gasteiger partial charge in [0.25, 0.3) is 0 Å². The quantitative estimate of drug-likeness (QED) is 0.563. The highest BCUT2D eigenvalue weighted by Gasteiger charge is 2.54. The zero-order valence-corrected chi connectivity index (χ0v) is 8.61. The van der Waals surface area contributed by atoms with Crippen LogP contribution in [0.2, 0.25) is 0 Å². The van der Waals surface area contributed by atoms with Gasteiger partial charge in [-0.05, 0) is 19.3 Å². The van der Waals surface area contributed by atoms with Gasteiger partial charge in [-0.2, -0.15) is 0 Å². The van der Waals surface area contributed by atoms with E-state index in [9.17, 15) is 10.2 Å². The molecule has 0 aromatic carbocycles. The fourth-order valence-electron chi connectivity index (χ4n) is 2.34. The van der Waals surface area contributed by atoms with Crippen LogP contribution in [0.3, 0.4) is 0 Å². The van der Waals surface area contributed by atoms with E-state index >= 15 is 0 Å². The Morgan fingerprint density at radius 2 is 2.14 bits per heavy atom. The summed E-state index contributed by atoms with van der Waals surface area (Å²) in [4.78, 5) is 0. The zero-order chi connectivity index (χ0) is 10.2. The minimum absolute atomic E-state index is 0.0891. The highest BCUT2D eigenvalue weighted by atomic mass is 16.3. The van der Waals surface area contributed by atoms with Crippen LogP contribution in [-0.2, 0) is 0 Å². The molecule has 1 saturated heterocycles. The van der Waals surface area contributed by atoms with Crippen molar-refractivity contribution in [3.8, 4) is 0 Å². The molecule has 0 aromatic heterocycles. The third-order valence-electron chi connectivity index (χ3n) is 3.43. The van der Waals surface area contributed by atoms with Gasteiger partial charge in [0, 0.05) is 18.0 Å². The van der Waals surface area contributed by atoms with Crippen LogP contribution in [0.4, 0.5) is 0 Å². The number of aliphatic hydroxyl groups is 2. The lowest BCUT2D eigenvalue weighted by Crippen LogP contribution is -2.57. The van der Waals surface area contributed by atoms with Gasteiger partial charge in [-0.15, -0.1) is 0 Å². The predicted molar refractivity (Wildman–Crippen MR) is 54.9 cm³/mol. The Balaban J connectivity index is 2.10. The maximum atomic E-state index is 9.90. The minimum atomic E-state index is -0.618. The van der Waals surface area contributed by atoms with E-state index in [0.29, 0.717) is 6.54 Å². The van der Waals surface area contributed by atoms with Gasteiger partial charge in [0.05, 0.1) is 12.2 Å². The first-order valence-electron chi connectivity index (χ1n) is 5.47. The van der Waals surface area contributed by atoms with E-state index in [1.807, 2.05) is 0 Å². The Kier molecular flexibility index (Phi) is 2.64. The van der Waals surface area contributed by atoms with Crippen molar-refractivity contribution < 1.29 is 10.2 Å². The molecule has 0 amide bonds. The van der Waals surface area contributed by atoms with Crippen LogP contribution in [0.1, 0.15) is 26.2 Å². The number of nitrogens with one attached hydrogen (secondary N) is 1. The molecule has 3 nitrogen and oxygen atoms in total. The molecule has 3 atom stereocenters. The molecule has 0 aromatic rings. The number of hydrogen-bond donors (Lipinski definition) is 3. The molecule has 80 valence electrons. The average Bonchev–Trinajstić information content (AvgIpc) is 2.94. The fourth-order valence-corrected chi connectivity index (χ4v) is 2.34. The van der Waals surface area contributed by atoms with Crippen molar-refractivity contribution in [2.24, 2.45) is 5.92 Å². The SMILES string of the molecule is CC/C=C/[C@@H]1[C@@H](O)[C@H](O)CNC12CC2. The molecular weight excluding hydrogens is 178 g/mol. The second-order valence-corrected chi connectivity index (χ2v) is 4.46. The summed E-state index contributed by atoms with van der Waals surface area (Å²) in [5.74, 6) is 0.0891. The first-order chi connectivity index (χ1) is 6.69. The van der Waals surface area contributed by atoms with Gasteiger partial charge in [-0.3, -0.25) is 0 Å². The topological polar surface area (TPSA) is 52.5 Å². The summed E-state index contributed by atoms with van der Waals surface area (Å²) in [6.07, 6.45) is 6.15. The van der Waals surface area contributed by atoms with Crippen molar-refractivity contribution in [2.75, 3.05) is 6.54 Å². The summed E-state index contributed by atoms with van der Waals surface area (Å²) in [6, 6.07) is 0. The second kappa shape index (κ2) is 3.65. The van der Waals surface area contributed by atoms with Gasteiger partial charge < -0.3 is 15.5 Å². The van der Waals surface area contributed by atoms with Crippen LogP contribution >= 0.6 is 0 Å². The lowest BCUT2D eigenvalue weighted by molar-refractivity contribution is -0.0422. The van der Waals surface area contributed by atoms with E-state index in [1.54, 1.807) is 0 Å². The Morgan fingerprint density at radius 1 is 1.43 bits per heavy atom. The van der Waals surface area contributed by atoms with E-state index in [-0.39, 0.29) is 11.5 Å². The number of aliphatic hydroxyl groups excluding tert-OH is 2. The summed E-state index contributed by atoms with van der Waals surface area (Å²) in [5, 5.41) is 22.8. The molecule has 1 aliphatic heterocycles. The van der Waals surface area contributed by atoms with Crippen molar-refractivity contribution in [3.05, 3.63) is 12.2 Å². The van der Waals surface area contributed by atoms with Gasteiger partial charge in [0.2, 0.25) is 0 Å². The van der Waals surface area contributed by atoms with Gasteiger partial charge in [0.1, 0.15) is 0 Å². The highest BCUT2D eigenvalue weighted by Crippen LogP contribution is 2.47. The van der Waals surface area contributed by atoms with Gasteiger partial charge in [0.15, 0.2) is 0 Å². The van der Waals surface area contributed by atoms with Crippen molar-refractivity contribution in [3.63, 3.8) is 0 Å². The molecule has 14 heavy (non-hydrogen) atoms. The second-order valence-electron chi connectivity index (χ2n) is 4.46. The molecule has 2 rings (SSSR count). The van der Waals surface area contributed by atoms with Crippen molar-refractivity contribution in [1.82, 2.24) is 5.32 Å². The van der Waals surface area contributed by atoms with E-state index < -0.39 is 12.2 Å². The molecule has 1 aliphatic carbocycles. The van der Waals surface area contributed by atoms with E-state index in [0.717, 1.165) is 19.3 Å². The Morgan fingerprint density at radius 3 is 2.71 bits per heavy atom. The summed E-state index contributed by atoms with van der Waals surface area (Å²) >= 11 is 0. The molecule has 0 radical (unpaired) electrons. The van der Waals surface area contributed by atoms with Crippen molar-refractivity contribution in [2.45, 2.75) is 43.9 Å². The molecule has 3 heteroatoms. The molecule has 0 unspecified atom stereocenters. The summed E-state index contributed by atoms with van der Waals surface area (Å²) in [7, 11) is 0. The molecule has 0 bridgehead atoms. The average molecular weight is 197 g/mol. The summed E-state index contributed by atoms with van der Waals surface area (Å²) in [5.41, 5.74) is 0.102. The van der Waals surface area contributed by atoms with Crippen LogP contribution in [0.5, 0.6) is 0 Å². The number of hydrogen-bond acceptors (Lipinski definition) is 3. The van der Waals surface area contributed by atoms with E-state index in [1.165, 1.54) is 0 Å². The largest absolute Gasteiger partial charge is 0.390 e. The maximum absolute atomic E-state index is 9.90. The van der Waals surface area contributed by atoms with Crippen molar-refractivity contribution in [1.29, 1.82) is 0 Å². The monoisotopic (exact) mass is 197 g/mol. The lowest BCUT2D eigenvalue weighted by Gasteiger charge is -2.38. The van der Waals surface area contributed by atoms with Crippen LogP contribution < -0.4 is 5.32 Å². The van der Waals surface area contributed by atoms with Gasteiger partial charge in [-0.25, -0.2) is 0 Å². The van der Waals surface area contributed by atoms with Crippen LogP contribution in [0, 0.1) is 5.92 Å². The third kappa shape index (κ3) is 1.60. The molecule has 1 saturated carbocycles. The van der Waals surface area contributed by atoms with Crippen LogP contribution in [0.25, 0.3) is 0 Å². The molecule has 2 fully saturated rings. The summed E-state index contributed by atoms with van der Waals surface area (Å²) in [6.45, 7) is 2.60. The first-order valence-corrected chi connectivity index (χ1v) is 5.47. The normalized spacial score (nSPS) is 40.6. The Hall–Kier alpha value is -0.380. The Labute approximate surface area is 84.8 Å². The predicted octanol–water partition coefficient (Wildman–Crippen LogP) is 0.426. The van der Waals surface area contributed by atoms with E-state index in [4.69, 9.17) is 0 Å². The molecule has 3 N–H and O–H groups in total. The fraction of sp³-hybridized carbons (Fsp3) is 0.818. The summed E-state index contributed by atoms with van der Waals surface area (Å²) < 4.78 is 0. The standard InChI is InChI=1S/C11H19NO2/c1-2-3-4-8-10(14)9(13)7-12-11(8)5-6-11/h3-4,8-10,12-14H,2,5-7H2,1H3/b4-3+/t8-,9-,10-/m1/s1. The van der Waals surface area contributed by atoms with Gasteiger partial charge >= 0.3 is 0 Å². The maximum Gasteiger partial charge on any atom is 0.0929 e. The number of piperidine rings is 1. The smallest absolute Gasteiger partial charge is 0.0929 e. The molecule has 1 spiro atoms. The zero-order valence-electron chi connectivity index (χ0n) is 8.61. The first kappa shape index (κ1) is 10.1. The number of β-amino-alcohol motifs (C(OH)–C–C–N with tert-alkyl or cyclic N) is 1. The van der Waals surface area contributed by atoms with E-state index in [2.05, 4.69) is 24.4 Å². The van der Waals surface area contributed by atoms with Crippen LogP contribution in [0.15, 0.2) is 12.2 Å². The van der Waals surface area contributed by atoms with Crippen molar-refractivity contribution >= 4 is 0 Å². The third-order valence-corrected chi connectivity index (χ3v) is 3.43. The number of rotatable bonds is 2. The Bertz CT molecular complexity index is 235. The molecule has 1 heterocycles.